The Balaban J connectivity index is 1.53. The van der Waals surface area contributed by atoms with Crippen LogP contribution in [0.3, 0.4) is 0 Å². The van der Waals surface area contributed by atoms with E-state index < -0.39 is 0 Å². The van der Waals surface area contributed by atoms with Crippen LogP contribution in [0, 0.1) is 6.92 Å². The van der Waals surface area contributed by atoms with Gasteiger partial charge in [-0.15, -0.1) is 0 Å². The normalized spacial score (nSPS) is 15.4. The number of carbonyl (C=O) groups is 1. The molecule has 1 aromatic carbocycles. The first-order valence-electron chi connectivity index (χ1n) is 9.64. The number of para-hydroxylation sites is 1. The van der Waals surface area contributed by atoms with E-state index in [0.717, 1.165) is 30.3 Å². The molecule has 7 nitrogen and oxygen atoms in total. The molecule has 0 unspecified atom stereocenters. The van der Waals surface area contributed by atoms with E-state index in [-0.39, 0.29) is 17.6 Å². The number of ether oxygens (including phenoxy) is 1. The zero-order valence-electron chi connectivity index (χ0n) is 15.9. The third-order valence-electron chi connectivity index (χ3n) is 5.12. The predicted molar refractivity (Wildman–Crippen MR) is 105 cm³/mol. The van der Waals surface area contributed by atoms with Gasteiger partial charge in [-0.25, -0.2) is 4.98 Å². The van der Waals surface area contributed by atoms with Crippen LogP contribution in [0.2, 0.25) is 0 Å². The molecule has 1 saturated heterocycles. The van der Waals surface area contributed by atoms with Crippen LogP contribution in [0.4, 0.5) is 0 Å². The van der Waals surface area contributed by atoms with Gasteiger partial charge in [-0.3, -0.25) is 14.2 Å². The van der Waals surface area contributed by atoms with E-state index >= 15 is 0 Å². The molecule has 2 heterocycles. The Labute approximate surface area is 159 Å². The van der Waals surface area contributed by atoms with Crippen molar-refractivity contribution in [3.05, 3.63) is 40.4 Å². The number of carbonyl (C=O) groups excluding carboxylic acids is 1. The maximum absolute atomic E-state index is 12.6. The molecule has 0 bridgehead atoms. The lowest BCUT2D eigenvalue weighted by molar-refractivity contribution is -0.134. The smallest absolute Gasteiger partial charge is 0.261 e. The SMILES string of the molecule is Cc1cccc2c(=O)n(CCC(=O)N3CCC(OCCCN)CC3)cnc12. The second-order valence-electron chi connectivity index (χ2n) is 7.06. The largest absolute Gasteiger partial charge is 0.378 e. The Kier molecular flexibility index (Phi) is 6.58. The van der Waals surface area contributed by atoms with E-state index in [1.165, 1.54) is 4.57 Å². The van der Waals surface area contributed by atoms with Gasteiger partial charge in [0.15, 0.2) is 0 Å². The van der Waals surface area contributed by atoms with E-state index in [1.54, 1.807) is 12.4 Å². The molecule has 0 atom stereocenters. The minimum atomic E-state index is -0.0940. The molecule has 1 aromatic heterocycles. The fraction of sp³-hybridized carbons (Fsp3) is 0.550. The van der Waals surface area contributed by atoms with E-state index in [0.29, 0.717) is 44.6 Å². The van der Waals surface area contributed by atoms with Gasteiger partial charge in [0, 0.05) is 32.7 Å². The molecule has 0 spiro atoms. The van der Waals surface area contributed by atoms with Crippen molar-refractivity contribution >= 4 is 16.8 Å². The van der Waals surface area contributed by atoms with Gasteiger partial charge in [0.2, 0.25) is 5.91 Å². The Hall–Kier alpha value is -2.25. The fourth-order valence-corrected chi connectivity index (χ4v) is 3.48. The monoisotopic (exact) mass is 372 g/mol. The van der Waals surface area contributed by atoms with Crippen molar-refractivity contribution in [3.8, 4) is 0 Å². The van der Waals surface area contributed by atoms with Gasteiger partial charge in [-0.1, -0.05) is 12.1 Å². The summed E-state index contributed by atoms with van der Waals surface area (Å²) in [4.78, 5) is 31.4. The molecule has 1 amide bonds. The lowest BCUT2D eigenvalue weighted by atomic mass is 10.1. The summed E-state index contributed by atoms with van der Waals surface area (Å²) in [6.07, 6.45) is 4.64. The van der Waals surface area contributed by atoms with Crippen LogP contribution in [0.1, 0.15) is 31.2 Å². The number of likely N-dealkylation sites (tertiary alicyclic amines) is 1. The number of aryl methyl sites for hydroxylation is 2. The molecule has 7 heteroatoms. The Bertz CT molecular complexity index is 841. The number of fused-ring (bicyclic) bond motifs is 1. The molecule has 1 fully saturated rings. The van der Waals surface area contributed by atoms with Crippen molar-refractivity contribution in [2.45, 2.75) is 45.3 Å². The molecule has 2 aromatic rings. The van der Waals surface area contributed by atoms with Gasteiger partial charge in [0.25, 0.3) is 5.56 Å². The number of piperidine rings is 1. The summed E-state index contributed by atoms with van der Waals surface area (Å²) in [6.45, 7) is 5.02. The molecule has 0 radical (unpaired) electrons. The lowest BCUT2D eigenvalue weighted by Gasteiger charge is -2.32. The standard InChI is InChI=1S/C20H28N4O3/c1-15-4-2-5-17-19(15)22-14-24(20(17)26)12-8-18(25)23-10-6-16(7-11-23)27-13-3-9-21/h2,4-5,14,16H,3,6-13,21H2,1H3. The minimum absolute atomic E-state index is 0.0756. The number of rotatable bonds is 7. The van der Waals surface area contributed by atoms with Crippen molar-refractivity contribution in [1.29, 1.82) is 0 Å². The summed E-state index contributed by atoms with van der Waals surface area (Å²) >= 11 is 0. The van der Waals surface area contributed by atoms with Gasteiger partial charge < -0.3 is 15.4 Å². The van der Waals surface area contributed by atoms with E-state index in [1.807, 2.05) is 24.0 Å². The fourth-order valence-electron chi connectivity index (χ4n) is 3.48. The summed E-state index contributed by atoms with van der Waals surface area (Å²) in [7, 11) is 0. The zero-order valence-corrected chi connectivity index (χ0v) is 15.9. The maximum Gasteiger partial charge on any atom is 0.261 e. The van der Waals surface area contributed by atoms with Crippen LogP contribution < -0.4 is 11.3 Å². The third kappa shape index (κ3) is 4.73. The molecular weight excluding hydrogens is 344 g/mol. The van der Waals surface area contributed by atoms with Crippen molar-refractivity contribution in [2.24, 2.45) is 5.73 Å². The number of hydrogen-bond acceptors (Lipinski definition) is 5. The molecule has 146 valence electrons. The van der Waals surface area contributed by atoms with Crippen LogP contribution >= 0.6 is 0 Å². The first-order valence-corrected chi connectivity index (χ1v) is 9.64. The highest BCUT2D eigenvalue weighted by Crippen LogP contribution is 2.15. The average molecular weight is 372 g/mol. The zero-order chi connectivity index (χ0) is 19.2. The summed E-state index contributed by atoms with van der Waals surface area (Å²) in [5.74, 6) is 0.0756. The van der Waals surface area contributed by atoms with Crippen LogP contribution in [0.15, 0.2) is 29.3 Å². The van der Waals surface area contributed by atoms with Gasteiger partial charge in [0.05, 0.1) is 23.3 Å². The quantitative estimate of drug-likeness (QED) is 0.743. The summed E-state index contributed by atoms with van der Waals surface area (Å²) in [5, 5.41) is 0.598. The molecular formula is C20H28N4O3. The first-order chi connectivity index (χ1) is 13.1. The van der Waals surface area contributed by atoms with Crippen molar-refractivity contribution in [1.82, 2.24) is 14.5 Å². The number of aromatic nitrogens is 2. The Morgan fingerprint density at radius 2 is 2.11 bits per heavy atom. The minimum Gasteiger partial charge on any atom is -0.378 e. The summed E-state index contributed by atoms with van der Waals surface area (Å²) in [5.41, 5.74) is 7.08. The summed E-state index contributed by atoms with van der Waals surface area (Å²) in [6, 6.07) is 5.58. The topological polar surface area (TPSA) is 90.5 Å². The van der Waals surface area contributed by atoms with E-state index in [9.17, 15) is 9.59 Å². The van der Waals surface area contributed by atoms with Gasteiger partial charge >= 0.3 is 0 Å². The van der Waals surface area contributed by atoms with Gasteiger partial charge in [-0.05, 0) is 44.4 Å². The molecule has 1 aliphatic heterocycles. The van der Waals surface area contributed by atoms with Crippen LogP contribution in [-0.4, -0.2) is 52.7 Å². The van der Waals surface area contributed by atoms with Crippen molar-refractivity contribution < 1.29 is 9.53 Å². The van der Waals surface area contributed by atoms with Crippen LogP contribution in [-0.2, 0) is 16.1 Å². The van der Waals surface area contributed by atoms with E-state index in [4.69, 9.17) is 10.5 Å². The van der Waals surface area contributed by atoms with E-state index in [2.05, 4.69) is 4.98 Å². The maximum atomic E-state index is 12.6. The van der Waals surface area contributed by atoms with Crippen molar-refractivity contribution in [3.63, 3.8) is 0 Å². The van der Waals surface area contributed by atoms with Crippen molar-refractivity contribution in [2.75, 3.05) is 26.2 Å². The Morgan fingerprint density at radius 1 is 1.33 bits per heavy atom. The number of nitrogens with zero attached hydrogens (tertiary/aromatic N) is 3. The first kappa shape index (κ1) is 19.5. The number of nitrogens with two attached hydrogens (primary N) is 1. The highest BCUT2D eigenvalue weighted by atomic mass is 16.5. The number of amides is 1. The number of benzene rings is 1. The highest BCUT2D eigenvalue weighted by molar-refractivity contribution is 5.80. The molecule has 0 saturated carbocycles. The van der Waals surface area contributed by atoms with Gasteiger partial charge in [-0.2, -0.15) is 0 Å². The highest BCUT2D eigenvalue weighted by Gasteiger charge is 2.23. The van der Waals surface area contributed by atoms with Crippen LogP contribution in [0.5, 0.6) is 0 Å². The molecule has 3 rings (SSSR count). The average Bonchev–Trinajstić information content (AvgIpc) is 2.68. The second-order valence-corrected chi connectivity index (χ2v) is 7.06. The lowest BCUT2D eigenvalue weighted by Crippen LogP contribution is -2.41. The number of hydrogen-bond donors (Lipinski definition) is 1. The van der Waals surface area contributed by atoms with Crippen LogP contribution in [0.25, 0.3) is 10.9 Å². The molecule has 1 aliphatic rings. The Morgan fingerprint density at radius 3 is 2.85 bits per heavy atom. The predicted octanol–water partition coefficient (Wildman–Crippen LogP) is 1.45. The molecule has 0 aliphatic carbocycles. The summed E-state index contributed by atoms with van der Waals surface area (Å²) < 4.78 is 7.31. The molecule has 2 N–H and O–H groups in total. The molecule has 27 heavy (non-hydrogen) atoms. The van der Waals surface area contributed by atoms with Gasteiger partial charge in [0.1, 0.15) is 0 Å². The second kappa shape index (κ2) is 9.10. The third-order valence-corrected chi connectivity index (χ3v) is 5.12.